The third-order valence-electron chi connectivity index (χ3n) is 2.52. The quantitative estimate of drug-likeness (QED) is 0.817. The Kier molecular flexibility index (Phi) is 3.24. The van der Waals surface area contributed by atoms with Gasteiger partial charge in [-0.2, -0.15) is 0 Å². The van der Waals surface area contributed by atoms with Crippen molar-refractivity contribution in [3.63, 3.8) is 0 Å². The molecule has 94 valence electrons. The zero-order valence-corrected chi connectivity index (χ0v) is 10.7. The Morgan fingerprint density at radius 2 is 2.17 bits per heavy atom. The van der Waals surface area contributed by atoms with Crippen molar-refractivity contribution in [2.45, 2.75) is 17.0 Å². The second-order valence-electron chi connectivity index (χ2n) is 3.72. The number of hydrogen-bond donors (Lipinski definition) is 2. The Balaban J connectivity index is 2.46. The average Bonchev–Trinajstić information content (AvgIpc) is 2.63. The molecule has 0 aliphatic rings. The number of anilines is 1. The van der Waals surface area contributed by atoms with E-state index in [0.717, 1.165) is 5.82 Å². The van der Waals surface area contributed by atoms with Crippen molar-refractivity contribution in [1.82, 2.24) is 14.8 Å². The van der Waals surface area contributed by atoms with Crippen LogP contribution in [0.1, 0.15) is 16.2 Å². The molecule has 1 aromatic heterocycles. The van der Waals surface area contributed by atoms with Crippen LogP contribution < -0.4 is 5.73 Å². The second-order valence-corrected chi connectivity index (χ2v) is 4.70. The molecule has 2 rings (SSSR count). The molecule has 0 aliphatic carbocycles. The van der Waals surface area contributed by atoms with Crippen molar-refractivity contribution in [1.29, 1.82) is 0 Å². The van der Waals surface area contributed by atoms with E-state index in [1.54, 1.807) is 16.7 Å². The number of carbonyl (C=O) groups is 1. The van der Waals surface area contributed by atoms with Crippen LogP contribution in [0, 0.1) is 6.92 Å². The minimum Gasteiger partial charge on any atom is -0.478 e. The lowest BCUT2D eigenvalue weighted by atomic mass is 10.2. The van der Waals surface area contributed by atoms with Crippen LogP contribution in [0.3, 0.4) is 0 Å². The van der Waals surface area contributed by atoms with Crippen LogP contribution >= 0.6 is 11.8 Å². The van der Waals surface area contributed by atoms with E-state index >= 15 is 0 Å². The predicted molar refractivity (Wildman–Crippen MR) is 67.7 cm³/mol. The lowest BCUT2D eigenvalue weighted by Crippen LogP contribution is -2.03. The first kappa shape index (κ1) is 12.4. The molecule has 18 heavy (non-hydrogen) atoms. The molecule has 2 aromatic rings. The van der Waals surface area contributed by atoms with Crippen LogP contribution in [0.15, 0.2) is 28.3 Å². The molecule has 3 N–H and O–H groups in total. The van der Waals surface area contributed by atoms with E-state index in [1.165, 1.54) is 17.8 Å². The number of nitrogens with zero attached hydrogens (tertiary/aromatic N) is 3. The Hall–Kier alpha value is -2.02. The van der Waals surface area contributed by atoms with Gasteiger partial charge in [-0.1, -0.05) is 6.07 Å². The standard InChI is InChI=1S/C11H12N4O2S/c1-6-13-14-11(15(6)2)18-9-7(10(16)17)4-3-5-8(9)12/h3-5H,12H2,1-2H3,(H,16,17). The fraction of sp³-hybridized carbons (Fsp3) is 0.182. The Bertz CT molecular complexity index is 609. The molecule has 0 fully saturated rings. The third kappa shape index (κ3) is 2.17. The monoisotopic (exact) mass is 264 g/mol. The maximum absolute atomic E-state index is 11.1. The second kappa shape index (κ2) is 4.69. The molecule has 0 radical (unpaired) electrons. The molecule has 0 aliphatic heterocycles. The van der Waals surface area contributed by atoms with Gasteiger partial charge in [-0.15, -0.1) is 10.2 Å². The van der Waals surface area contributed by atoms with Crippen molar-refractivity contribution >= 4 is 23.4 Å². The Morgan fingerprint density at radius 3 is 2.72 bits per heavy atom. The van der Waals surface area contributed by atoms with Crippen molar-refractivity contribution < 1.29 is 9.90 Å². The van der Waals surface area contributed by atoms with Crippen LogP contribution in [-0.4, -0.2) is 25.8 Å². The van der Waals surface area contributed by atoms with Crippen LogP contribution in [0.2, 0.25) is 0 Å². The molecule has 1 heterocycles. The normalized spacial score (nSPS) is 10.6. The molecular weight excluding hydrogens is 252 g/mol. The first-order chi connectivity index (χ1) is 8.50. The minimum atomic E-state index is -1.01. The highest BCUT2D eigenvalue weighted by molar-refractivity contribution is 7.99. The summed E-state index contributed by atoms with van der Waals surface area (Å²) in [5.41, 5.74) is 6.41. The van der Waals surface area contributed by atoms with Gasteiger partial charge in [0.1, 0.15) is 5.82 Å². The molecule has 0 saturated heterocycles. The molecular formula is C11H12N4O2S. The zero-order chi connectivity index (χ0) is 13.3. The molecule has 0 saturated carbocycles. The molecule has 0 bridgehead atoms. The SMILES string of the molecule is Cc1nnc(Sc2c(N)cccc2C(=O)O)n1C. The molecule has 1 aromatic carbocycles. The van der Waals surface area contributed by atoms with Crippen LogP contribution in [0.4, 0.5) is 5.69 Å². The van der Waals surface area contributed by atoms with Crippen molar-refractivity contribution in [3.05, 3.63) is 29.6 Å². The van der Waals surface area contributed by atoms with Crippen molar-refractivity contribution in [2.24, 2.45) is 7.05 Å². The van der Waals surface area contributed by atoms with E-state index < -0.39 is 5.97 Å². The molecule has 6 nitrogen and oxygen atoms in total. The van der Waals surface area contributed by atoms with E-state index in [2.05, 4.69) is 10.2 Å². The number of rotatable bonds is 3. The maximum atomic E-state index is 11.1. The van der Waals surface area contributed by atoms with E-state index in [4.69, 9.17) is 10.8 Å². The van der Waals surface area contributed by atoms with E-state index in [0.29, 0.717) is 15.7 Å². The number of nitrogens with two attached hydrogens (primary N) is 1. The molecule has 0 spiro atoms. The predicted octanol–water partition coefficient (Wildman–Crippen LogP) is 1.56. The molecule has 0 amide bonds. The summed E-state index contributed by atoms with van der Waals surface area (Å²) in [6, 6.07) is 4.80. The lowest BCUT2D eigenvalue weighted by Gasteiger charge is -2.08. The largest absolute Gasteiger partial charge is 0.478 e. The van der Waals surface area contributed by atoms with Gasteiger partial charge < -0.3 is 15.4 Å². The topological polar surface area (TPSA) is 94.0 Å². The fourth-order valence-electron chi connectivity index (χ4n) is 1.41. The number of carboxylic acids is 1. The highest BCUT2D eigenvalue weighted by atomic mass is 32.2. The number of aromatic nitrogens is 3. The van der Waals surface area contributed by atoms with Crippen molar-refractivity contribution in [2.75, 3.05) is 5.73 Å². The maximum Gasteiger partial charge on any atom is 0.336 e. The first-order valence-electron chi connectivity index (χ1n) is 5.16. The number of aromatic carboxylic acids is 1. The van der Waals surface area contributed by atoms with E-state index in [1.807, 2.05) is 14.0 Å². The van der Waals surface area contributed by atoms with Gasteiger partial charge >= 0.3 is 5.97 Å². The number of carboxylic acid groups (broad SMARTS) is 1. The van der Waals surface area contributed by atoms with Crippen LogP contribution in [-0.2, 0) is 7.05 Å². The summed E-state index contributed by atoms with van der Waals surface area (Å²) in [5, 5.41) is 17.6. The highest BCUT2D eigenvalue weighted by Gasteiger charge is 2.16. The van der Waals surface area contributed by atoms with Crippen LogP contribution in [0.5, 0.6) is 0 Å². The molecule has 0 unspecified atom stereocenters. The van der Waals surface area contributed by atoms with E-state index in [-0.39, 0.29) is 5.56 Å². The van der Waals surface area contributed by atoms with Gasteiger partial charge in [-0.05, 0) is 30.8 Å². The summed E-state index contributed by atoms with van der Waals surface area (Å²) in [5.74, 6) is -0.257. The van der Waals surface area contributed by atoms with Gasteiger partial charge in [0.25, 0.3) is 0 Å². The number of benzene rings is 1. The van der Waals surface area contributed by atoms with Gasteiger partial charge in [0.15, 0.2) is 5.16 Å². The van der Waals surface area contributed by atoms with Gasteiger partial charge in [0.2, 0.25) is 0 Å². The third-order valence-corrected chi connectivity index (χ3v) is 3.72. The summed E-state index contributed by atoms with van der Waals surface area (Å²) in [7, 11) is 1.82. The highest BCUT2D eigenvalue weighted by Crippen LogP contribution is 2.33. The van der Waals surface area contributed by atoms with Gasteiger partial charge in [0.05, 0.1) is 10.5 Å². The fourth-order valence-corrected chi connectivity index (χ4v) is 2.39. The number of aryl methyl sites for hydroxylation is 1. The van der Waals surface area contributed by atoms with Crippen molar-refractivity contribution in [3.8, 4) is 0 Å². The summed E-state index contributed by atoms with van der Waals surface area (Å²) in [4.78, 5) is 11.6. The summed E-state index contributed by atoms with van der Waals surface area (Å²) < 4.78 is 1.78. The number of nitrogen functional groups attached to an aromatic ring is 1. The summed E-state index contributed by atoms with van der Waals surface area (Å²) >= 11 is 1.20. The minimum absolute atomic E-state index is 0.167. The van der Waals surface area contributed by atoms with E-state index in [9.17, 15) is 4.79 Å². The lowest BCUT2D eigenvalue weighted by molar-refractivity contribution is 0.0693. The molecule has 7 heteroatoms. The summed E-state index contributed by atoms with van der Waals surface area (Å²) in [6.45, 7) is 1.82. The first-order valence-corrected chi connectivity index (χ1v) is 5.98. The Morgan fingerprint density at radius 1 is 1.44 bits per heavy atom. The molecule has 0 atom stereocenters. The number of hydrogen-bond acceptors (Lipinski definition) is 5. The van der Waals surface area contributed by atoms with Gasteiger partial charge in [-0.3, -0.25) is 0 Å². The van der Waals surface area contributed by atoms with Gasteiger partial charge in [0, 0.05) is 12.7 Å². The summed E-state index contributed by atoms with van der Waals surface area (Å²) in [6.07, 6.45) is 0. The smallest absolute Gasteiger partial charge is 0.336 e. The van der Waals surface area contributed by atoms with Crippen LogP contribution in [0.25, 0.3) is 0 Å². The average molecular weight is 264 g/mol. The van der Waals surface area contributed by atoms with Gasteiger partial charge in [-0.25, -0.2) is 4.79 Å². The zero-order valence-electron chi connectivity index (χ0n) is 9.91. The Labute approximate surface area is 108 Å².